The zero-order chi connectivity index (χ0) is 9.50. The fourth-order valence-corrected chi connectivity index (χ4v) is 0.161. The lowest BCUT2D eigenvalue weighted by atomic mass is 10.1. The fourth-order valence-electron chi connectivity index (χ4n) is 0.161. The highest BCUT2D eigenvalue weighted by Gasteiger charge is 2.72. The molecule has 0 spiro atoms. The van der Waals surface area contributed by atoms with Gasteiger partial charge < -0.3 is 5.11 Å². The third-order valence-electron chi connectivity index (χ3n) is 1.13. The van der Waals surface area contributed by atoms with Gasteiger partial charge in [-0.1, -0.05) is 0 Å². The molecule has 7 heteroatoms. The van der Waals surface area contributed by atoms with Gasteiger partial charge in [-0.05, 0) is 0 Å². The molecule has 2 N–H and O–H groups in total. The topological polar surface area (TPSA) is 22.9 Å². The van der Waals surface area contributed by atoms with Crippen LogP contribution >= 0.6 is 0 Å². The molecule has 0 aliphatic heterocycles. The van der Waals surface area contributed by atoms with Gasteiger partial charge in [0.2, 0.25) is 0 Å². The van der Waals surface area contributed by atoms with E-state index in [0.717, 1.165) is 0 Å². The third-order valence-corrected chi connectivity index (χ3v) is 1.13. The van der Waals surface area contributed by atoms with Gasteiger partial charge in [-0.25, -0.2) is 0 Å². The predicted molar refractivity (Wildman–Crippen MR) is 24.1 cm³/mol. The average Bonchev–Trinajstić information content (AvgIpc) is 1.58. The average molecular weight is 183 g/mol. The summed E-state index contributed by atoms with van der Waals surface area (Å²) < 4.78 is 68.5. The van der Waals surface area contributed by atoms with Gasteiger partial charge in [0, 0.05) is 6.92 Å². The van der Waals surface area contributed by atoms with E-state index in [9.17, 15) is 26.3 Å². The van der Waals surface area contributed by atoms with Crippen molar-refractivity contribution in [3.05, 3.63) is 0 Å². The van der Waals surface area contributed by atoms with Crippen LogP contribution < -0.4 is 0 Å². The maximum absolute atomic E-state index is 11.4. The zero-order valence-electron chi connectivity index (χ0n) is 5.27. The van der Waals surface area contributed by atoms with Crippen molar-refractivity contribution in [1.29, 1.82) is 0 Å². The molecule has 0 aromatic carbocycles. The van der Waals surface area contributed by atoms with Crippen LogP contribution in [0.4, 0.5) is 26.3 Å². The van der Waals surface area contributed by atoms with Crippen LogP contribution in [0.2, 0.25) is 0 Å². The molecular weight excluding hydrogens is 178 g/mol. The monoisotopic (exact) mass is 183 g/mol. The summed E-state index contributed by atoms with van der Waals surface area (Å²) in [5.74, 6) is 0. The Morgan fingerprint density at radius 3 is 1.00 bits per heavy atom. The van der Waals surface area contributed by atoms with Crippen LogP contribution in [0, 0.1) is 0 Å². The van der Waals surface area contributed by atoms with Gasteiger partial charge in [-0.3, -0.25) is 0 Å². The predicted octanol–water partition coefficient (Wildman–Crippen LogP) is 1.59. The molecule has 0 bridgehead atoms. The van der Waals surface area contributed by atoms with Crippen LogP contribution in [0.3, 0.4) is 0 Å². The van der Waals surface area contributed by atoms with E-state index in [1.165, 1.54) is 0 Å². The Balaban J connectivity index is 4.75. The van der Waals surface area contributed by atoms with E-state index in [1.54, 1.807) is 0 Å². The molecule has 0 aliphatic rings. The van der Waals surface area contributed by atoms with Crippen LogP contribution in [0.15, 0.2) is 0 Å². The van der Waals surface area contributed by atoms with E-state index >= 15 is 0 Å². The largest absolute Gasteiger partial charge is 0.474 e. The van der Waals surface area contributed by atoms with Crippen LogP contribution in [0.5, 0.6) is 0 Å². The van der Waals surface area contributed by atoms with E-state index in [0.29, 0.717) is 0 Å². The molecule has 0 rings (SSSR count). The summed E-state index contributed by atoms with van der Waals surface area (Å²) in [6.07, 6.45) is -11.2. The van der Waals surface area contributed by atoms with Crippen LogP contribution in [-0.2, 0) is 0 Å². The second-order valence-electron chi connectivity index (χ2n) is 2.12. The summed E-state index contributed by atoms with van der Waals surface area (Å²) in [6, 6.07) is 0. The smallest absolute Gasteiger partial charge is 0.428 e. The summed E-state index contributed by atoms with van der Waals surface area (Å²) in [7, 11) is 0. The third kappa shape index (κ3) is 1.76. The molecule has 0 amide bonds. The minimum absolute atomic E-state index is 0.229. The van der Waals surface area contributed by atoms with E-state index in [-0.39, 0.29) is 6.92 Å². The van der Waals surface area contributed by atoms with Gasteiger partial charge in [-0.2, -0.15) is 26.3 Å². The second-order valence-corrected chi connectivity index (χ2v) is 2.12. The number of halogens is 6. The fraction of sp³-hybridized carbons (Fsp3) is 1.00. The van der Waals surface area contributed by atoms with E-state index in [4.69, 9.17) is 5.11 Å². The quantitative estimate of drug-likeness (QED) is 0.402. The molecule has 68 valence electrons. The molecule has 0 aromatic rings. The molecule has 0 aromatic heterocycles. The van der Waals surface area contributed by atoms with Crippen molar-refractivity contribution >= 4 is 0 Å². The highest BCUT2D eigenvalue weighted by atomic mass is 19.4. The lowest BCUT2D eigenvalue weighted by Crippen LogP contribution is -2.54. The van der Waals surface area contributed by atoms with Crippen molar-refractivity contribution in [2.24, 2.45) is 0 Å². The lowest BCUT2D eigenvalue weighted by Gasteiger charge is -2.23. The zero-order valence-corrected chi connectivity index (χ0v) is 5.27. The normalized spacial score (nSPS) is 15.3. The van der Waals surface area contributed by atoms with Crippen molar-refractivity contribution < 1.29 is 31.4 Å². The maximum atomic E-state index is 11.4. The molecule has 0 aliphatic carbocycles. The summed E-state index contributed by atoms with van der Waals surface area (Å²) in [6.45, 7) is -0.229. The molecule has 0 heterocycles. The van der Waals surface area contributed by atoms with Crippen molar-refractivity contribution in [3.63, 3.8) is 0 Å². The summed E-state index contributed by atoms with van der Waals surface area (Å²) in [4.78, 5) is 0. The SMILES string of the molecule is CC([OH2+])(C(F)(F)F)C(F)(F)F. The minimum Gasteiger partial charge on any atom is -0.428 e. The van der Waals surface area contributed by atoms with E-state index < -0.39 is 18.0 Å². The molecular formula is C4H5F6O+. The first-order valence-corrected chi connectivity index (χ1v) is 2.38. The Morgan fingerprint density at radius 2 is 1.00 bits per heavy atom. The Hall–Kier alpha value is -0.460. The Labute approximate surface area is 57.6 Å². The summed E-state index contributed by atoms with van der Waals surface area (Å²) >= 11 is 0. The molecule has 11 heavy (non-hydrogen) atoms. The highest BCUT2D eigenvalue weighted by molar-refractivity contribution is 4.88. The molecule has 0 unspecified atom stereocenters. The molecule has 0 radical (unpaired) electrons. The van der Waals surface area contributed by atoms with Crippen molar-refractivity contribution in [2.75, 3.05) is 0 Å². The van der Waals surface area contributed by atoms with Gasteiger partial charge in [-0.15, -0.1) is 0 Å². The summed E-state index contributed by atoms with van der Waals surface area (Å²) in [5, 5.41) is 5.98. The first-order valence-electron chi connectivity index (χ1n) is 2.38. The number of hydrogen-bond donors (Lipinski definition) is 0. The Bertz CT molecular complexity index is 126. The molecule has 1 nitrogen and oxygen atoms in total. The number of alkyl halides is 6. The molecule has 0 fully saturated rings. The first-order chi connectivity index (χ1) is 4.50. The van der Waals surface area contributed by atoms with Gasteiger partial charge in [0.05, 0.1) is 0 Å². The van der Waals surface area contributed by atoms with Crippen LogP contribution in [0.1, 0.15) is 6.92 Å². The van der Waals surface area contributed by atoms with Crippen LogP contribution in [0.25, 0.3) is 0 Å². The molecule has 0 atom stereocenters. The second kappa shape index (κ2) is 2.26. The van der Waals surface area contributed by atoms with Gasteiger partial charge in [0.15, 0.2) is 0 Å². The van der Waals surface area contributed by atoms with Crippen molar-refractivity contribution in [3.8, 4) is 0 Å². The lowest BCUT2D eigenvalue weighted by molar-refractivity contribution is -0.360. The Morgan fingerprint density at radius 1 is 0.818 bits per heavy atom. The van der Waals surface area contributed by atoms with E-state index in [1.807, 2.05) is 0 Å². The number of rotatable bonds is 0. The molecule has 0 saturated heterocycles. The molecule has 0 saturated carbocycles. The van der Waals surface area contributed by atoms with E-state index in [2.05, 4.69) is 0 Å². The van der Waals surface area contributed by atoms with Crippen molar-refractivity contribution in [1.82, 2.24) is 0 Å². The maximum Gasteiger partial charge on any atom is 0.474 e. The number of hydrogen-bond acceptors (Lipinski definition) is 0. The Kier molecular flexibility index (Phi) is 2.17. The van der Waals surface area contributed by atoms with Gasteiger partial charge in [0.1, 0.15) is 0 Å². The highest BCUT2D eigenvalue weighted by Crippen LogP contribution is 2.42. The van der Waals surface area contributed by atoms with Gasteiger partial charge >= 0.3 is 18.0 Å². The van der Waals surface area contributed by atoms with Crippen molar-refractivity contribution in [2.45, 2.75) is 24.9 Å². The standard InChI is InChI=1S/C4H4F6O/c1-2(11,3(5,6)7)4(8,9)10/h11H,1H3/p+1. The first kappa shape index (κ1) is 10.5. The van der Waals surface area contributed by atoms with Gasteiger partial charge in [0.25, 0.3) is 0 Å². The minimum atomic E-state index is -5.58. The van der Waals surface area contributed by atoms with Crippen LogP contribution in [-0.4, -0.2) is 23.1 Å². The summed E-state index contributed by atoms with van der Waals surface area (Å²) in [5.41, 5.74) is -4.38.